The van der Waals surface area contributed by atoms with Crippen LogP contribution in [0.5, 0.6) is 17.2 Å². The van der Waals surface area contributed by atoms with Gasteiger partial charge in [0.2, 0.25) is 0 Å². The summed E-state index contributed by atoms with van der Waals surface area (Å²) in [5.41, 5.74) is 2.31. The van der Waals surface area contributed by atoms with Crippen molar-refractivity contribution in [3.63, 3.8) is 0 Å². The van der Waals surface area contributed by atoms with Crippen molar-refractivity contribution in [2.45, 2.75) is 6.61 Å². The fourth-order valence-electron chi connectivity index (χ4n) is 2.84. The Labute approximate surface area is 169 Å². The van der Waals surface area contributed by atoms with Crippen LogP contribution in [-0.2, 0) is 6.61 Å². The fraction of sp³-hybridized carbons (Fsp3) is 0.125. The molecule has 0 heterocycles. The summed E-state index contributed by atoms with van der Waals surface area (Å²) in [5, 5.41) is 9.69. The third kappa shape index (κ3) is 4.74. The number of halogens is 1. The van der Waals surface area contributed by atoms with Gasteiger partial charge in [-0.2, -0.15) is 5.26 Å². The van der Waals surface area contributed by atoms with Gasteiger partial charge in [-0.1, -0.05) is 36.4 Å². The number of nitriles is 1. The molecule has 0 saturated heterocycles. The van der Waals surface area contributed by atoms with Gasteiger partial charge in [-0.3, -0.25) is 0 Å². The highest BCUT2D eigenvalue weighted by molar-refractivity contribution is 5.91. The molecule has 0 bridgehead atoms. The Balaban J connectivity index is 1.91. The minimum Gasteiger partial charge on any atom is -0.493 e. The Bertz CT molecular complexity index is 1070. The van der Waals surface area contributed by atoms with Gasteiger partial charge in [-0.15, -0.1) is 0 Å². The zero-order chi connectivity index (χ0) is 20.6. The SMILES string of the molecule is COc1ccc(/C(C#N)=C/c2ccccc2OCc2ccccc2F)cc1OC. The maximum atomic E-state index is 13.9. The van der Waals surface area contributed by atoms with E-state index >= 15 is 0 Å². The normalized spacial score (nSPS) is 10.9. The number of rotatable bonds is 7. The van der Waals surface area contributed by atoms with Crippen LogP contribution in [0.25, 0.3) is 11.6 Å². The summed E-state index contributed by atoms with van der Waals surface area (Å²) in [7, 11) is 3.10. The second-order valence-corrected chi connectivity index (χ2v) is 6.16. The summed E-state index contributed by atoms with van der Waals surface area (Å²) in [6.45, 7) is 0.0930. The molecule has 0 aliphatic carbocycles. The number of hydrogen-bond donors (Lipinski definition) is 0. The Hall–Kier alpha value is -3.78. The standard InChI is InChI=1S/C24H20FNO3/c1-27-23-12-11-17(14-24(23)28-2)20(15-26)13-18-7-4-6-10-22(18)29-16-19-8-3-5-9-21(19)25/h3-14H,16H2,1-2H3/b20-13+. The highest BCUT2D eigenvalue weighted by Gasteiger charge is 2.10. The molecule has 0 aliphatic rings. The van der Waals surface area contributed by atoms with Crippen LogP contribution in [0, 0.1) is 17.1 Å². The molecule has 0 saturated carbocycles. The van der Waals surface area contributed by atoms with Crippen LogP contribution >= 0.6 is 0 Å². The number of methoxy groups -OCH3 is 2. The van der Waals surface area contributed by atoms with E-state index in [1.54, 1.807) is 62.8 Å². The summed E-state index contributed by atoms with van der Waals surface area (Å²) in [4.78, 5) is 0. The van der Waals surface area contributed by atoms with Crippen LogP contribution in [0.3, 0.4) is 0 Å². The zero-order valence-corrected chi connectivity index (χ0v) is 16.2. The van der Waals surface area contributed by atoms with Crippen LogP contribution in [0.4, 0.5) is 4.39 Å². The molecule has 29 heavy (non-hydrogen) atoms. The maximum absolute atomic E-state index is 13.9. The van der Waals surface area contributed by atoms with E-state index in [0.29, 0.717) is 33.9 Å². The number of ether oxygens (including phenoxy) is 3. The lowest BCUT2D eigenvalue weighted by atomic mass is 10.0. The van der Waals surface area contributed by atoms with Crippen molar-refractivity contribution < 1.29 is 18.6 Å². The smallest absolute Gasteiger partial charge is 0.161 e. The first kappa shape index (κ1) is 20.0. The topological polar surface area (TPSA) is 51.5 Å². The minimum atomic E-state index is -0.316. The van der Waals surface area contributed by atoms with E-state index in [1.807, 2.05) is 18.2 Å². The molecule has 3 aromatic carbocycles. The van der Waals surface area contributed by atoms with E-state index in [2.05, 4.69) is 6.07 Å². The van der Waals surface area contributed by atoms with Crippen molar-refractivity contribution in [3.8, 4) is 23.3 Å². The van der Waals surface area contributed by atoms with Gasteiger partial charge in [0, 0.05) is 11.1 Å². The van der Waals surface area contributed by atoms with Gasteiger partial charge in [-0.25, -0.2) is 4.39 Å². The molecule has 0 fully saturated rings. The van der Waals surface area contributed by atoms with Crippen LogP contribution < -0.4 is 14.2 Å². The van der Waals surface area contributed by atoms with E-state index in [-0.39, 0.29) is 12.4 Å². The summed E-state index contributed by atoms with van der Waals surface area (Å²) in [5.74, 6) is 1.37. The van der Waals surface area contributed by atoms with E-state index in [9.17, 15) is 9.65 Å². The van der Waals surface area contributed by atoms with Crippen molar-refractivity contribution in [1.82, 2.24) is 0 Å². The first-order valence-corrected chi connectivity index (χ1v) is 8.95. The first-order chi connectivity index (χ1) is 14.2. The number of hydrogen-bond acceptors (Lipinski definition) is 4. The summed E-state index contributed by atoms with van der Waals surface area (Å²) >= 11 is 0. The second kappa shape index (κ2) is 9.43. The predicted molar refractivity (Wildman–Crippen MR) is 110 cm³/mol. The average molecular weight is 389 g/mol. The van der Waals surface area contributed by atoms with Gasteiger partial charge in [0.1, 0.15) is 18.2 Å². The Kier molecular flexibility index (Phi) is 6.49. The van der Waals surface area contributed by atoms with Crippen LogP contribution in [0.2, 0.25) is 0 Å². The van der Waals surface area contributed by atoms with Gasteiger partial charge in [-0.05, 0) is 42.0 Å². The van der Waals surface area contributed by atoms with Gasteiger partial charge in [0.25, 0.3) is 0 Å². The molecule has 0 unspecified atom stereocenters. The number of allylic oxidation sites excluding steroid dienone is 1. The van der Waals surface area contributed by atoms with E-state index < -0.39 is 0 Å². The zero-order valence-electron chi connectivity index (χ0n) is 16.2. The average Bonchev–Trinajstić information content (AvgIpc) is 2.77. The molecular formula is C24H20FNO3. The van der Waals surface area contributed by atoms with Gasteiger partial charge >= 0.3 is 0 Å². The molecule has 5 heteroatoms. The molecule has 0 aromatic heterocycles. The molecule has 3 rings (SSSR count). The lowest BCUT2D eigenvalue weighted by Crippen LogP contribution is -1.99. The predicted octanol–water partition coefficient (Wildman–Crippen LogP) is 5.49. The fourth-order valence-corrected chi connectivity index (χ4v) is 2.84. The van der Waals surface area contributed by atoms with Gasteiger partial charge in [0.15, 0.2) is 11.5 Å². The molecule has 0 atom stereocenters. The highest BCUT2D eigenvalue weighted by atomic mass is 19.1. The lowest BCUT2D eigenvalue weighted by Gasteiger charge is -2.11. The quantitative estimate of drug-likeness (QED) is 0.396. The Morgan fingerprint density at radius 3 is 2.38 bits per heavy atom. The third-order valence-corrected chi connectivity index (χ3v) is 4.37. The van der Waals surface area contributed by atoms with Gasteiger partial charge < -0.3 is 14.2 Å². The number of para-hydroxylation sites is 1. The molecule has 0 N–H and O–H groups in total. The summed E-state index contributed by atoms with van der Waals surface area (Å²) in [6, 6.07) is 21.3. The third-order valence-electron chi connectivity index (χ3n) is 4.37. The highest BCUT2D eigenvalue weighted by Crippen LogP contribution is 2.32. The largest absolute Gasteiger partial charge is 0.493 e. The van der Waals surface area contributed by atoms with Crippen molar-refractivity contribution >= 4 is 11.6 Å². The van der Waals surface area contributed by atoms with E-state index in [1.165, 1.54) is 6.07 Å². The molecule has 0 aliphatic heterocycles. The van der Waals surface area contributed by atoms with Crippen LogP contribution in [0.1, 0.15) is 16.7 Å². The van der Waals surface area contributed by atoms with Gasteiger partial charge in [0.05, 0.1) is 25.9 Å². The monoisotopic (exact) mass is 389 g/mol. The molecule has 0 radical (unpaired) electrons. The molecule has 3 aromatic rings. The van der Waals surface area contributed by atoms with Crippen molar-refractivity contribution in [2.75, 3.05) is 14.2 Å². The maximum Gasteiger partial charge on any atom is 0.161 e. The van der Waals surface area contributed by atoms with Crippen LogP contribution in [0.15, 0.2) is 66.7 Å². The number of benzene rings is 3. The van der Waals surface area contributed by atoms with Crippen molar-refractivity contribution in [1.29, 1.82) is 5.26 Å². The second-order valence-electron chi connectivity index (χ2n) is 6.16. The summed E-state index contributed by atoms with van der Waals surface area (Å²) < 4.78 is 30.3. The van der Waals surface area contributed by atoms with E-state index in [4.69, 9.17) is 14.2 Å². The van der Waals surface area contributed by atoms with Crippen LogP contribution in [-0.4, -0.2) is 14.2 Å². The molecule has 0 spiro atoms. The molecular weight excluding hydrogens is 369 g/mol. The molecule has 4 nitrogen and oxygen atoms in total. The minimum absolute atomic E-state index is 0.0930. The lowest BCUT2D eigenvalue weighted by molar-refractivity contribution is 0.299. The summed E-state index contributed by atoms with van der Waals surface area (Å²) in [6.07, 6.45) is 1.73. The first-order valence-electron chi connectivity index (χ1n) is 8.95. The van der Waals surface area contributed by atoms with Crippen molar-refractivity contribution in [3.05, 3.63) is 89.2 Å². The Morgan fingerprint density at radius 2 is 1.66 bits per heavy atom. The van der Waals surface area contributed by atoms with E-state index in [0.717, 1.165) is 5.56 Å². The molecule has 146 valence electrons. The molecule has 0 amide bonds. The van der Waals surface area contributed by atoms with Crippen molar-refractivity contribution in [2.24, 2.45) is 0 Å². The Morgan fingerprint density at radius 1 is 0.931 bits per heavy atom. The number of nitrogens with zero attached hydrogens (tertiary/aromatic N) is 1.